The van der Waals surface area contributed by atoms with Crippen molar-refractivity contribution in [3.63, 3.8) is 0 Å². The molecular formula is C17H20ClFN2O3. The standard InChI is InChI=1S/C17H19FN2O3.ClH/c18-14-3-5-15(6-4-14)22-13-11-19-7-9-20(10-8-19)17(21)16-2-1-12-23-16;/h1-6,12H,7-11,13H2;1H. The zero-order chi connectivity index (χ0) is 16.1. The predicted molar refractivity (Wildman–Crippen MR) is 90.2 cm³/mol. The number of nitrogens with zero attached hydrogens (tertiary/aromatic N) is 2. The van der Waals surface area contributed by atoms with Gasteiger partial charge in [-0.15, -0.1) is 12.4 Å². The first kappa shape index (κ1) is 18.3. The maximum Gasteiger partial charge on any atom is 0.289 e. The Morgan fingerprint density at radius 2 is 1.83 bits per heavy atom. The molecule has 2 aromatic rings. The van der Waals surface area contributed by atoms with Crippen LogP contribution >= 0.6 is 12.4 Å². The summed E-state index contributed by atoms with van der Waals surface area (Å²) in [5, 5.41) is 0. The Morgan fingerprint density at radius 3 is 2.46 bits per heavy atom. The van der Waals surface area contributed by atoms with Gasteiger partial charge in [0, 0.05) is 32.7 Å². The van der Waals surface area contributed by atoms with E-state index in [2.05, 4.69) is 4.90 Å². The number of ether oxygens (including phenoxy) is 1. The Morgan fingerprint density at radius 1 is 1.12 bits per heavy atom. The van der Waals surface area contributed by atoms with Gasteiger partial charge in [-0.3, -0.25) is 9.69 Å². The normalized spacial score (nSPS) is 15.0. The molecule has 3 rings (SSSR count). The molecule has 0 atom stereocenters. The summed E-state index contributed by atoms with van der Waals surface area (Å²) < 4.78 is 23.5. The first-order chi connectivity index (χ1) is 11.2. The van der Waals surface area contributed by atoms with E-state index >= 15 is 0 Å². The van der Waals surface area contributed by atoms with E-state index in [1.165, 1.54) is 18.4 Å². The monoisotopic (exact) mass is 354 g/mol. The zero-order valence-corrected chi connectivity index (χ0v) is 14.0. The molecule has 5 nitrogen and oxygen atoms in total. The van der Waals surface area contributed by atoms with Crippen LogP contribution in [-0.2, 0) is 0 Å². The number of carbonyl (C=O) groups excluding carboxylic acids is 1. The van der Waals surface area contributed by atoms with E-state index in [0.29, 0.717) is 31.2 Å². The summed E-state index contributed by atoms with van der Waals surface area (Å²) >= 11 is 0. The Labute approximate surface area is 146 Å². The first-order valence-electron chi connectivity index (χ1n) is 7.66. The second-order valence-electron chi connectivity index (χ2n) is 5.41. The van der Waals surface area contributed by atoms with Crippen molar-refractivity contribution in [2.45, 2.75) is 0 Å². The van der Waals surface area contributed by atoms with Gasteiger partial charge in [0.05, 0.1) is 6.26 Å². The minimum absolute atomic E-state index is 0. The Hall–Kier alpha value is -2.05. The lowest BCUT2D eigenvalue weighted by molar-refractivity contribution is 0.0590. The van der Waals surface area contributed by atoms with Crippen LogP contribution in [0.1, 0.15) is 10.6 Å². The molecule has 0 bridgehead atoms. The van der Waals surface area contributed by atoms with E-state index < -0.39 is 0 Å². The number of rotatable bonds is 5. The van der Waals surface area contributed by atoms with Crippen LogP contribution < -0.4 is 4.74 Å². The van der Waals surface area contributed by atoms with Crippen LogP contribution in [0.5, 0.6) is 5.75 Å². The van der Waals surface area contributed by atoms with Gasteiger partial charge in [-0.05, 0) is 36.4 Å². The van der Waals surface area contributed by atoms with Crippen LogP contribution in [0.2, 0.25) is 0 Å². The van der Waals surface area contributed by atoms with E-state index in [0.717, 1.165) is 19.6 Å². The number of benzene rings is 1. The van der Waals surface area contributed by atoms with Crippen molar-refractivity contribution < 1.29 is 18.3 Å². The molecule has 1 saturated heterocycles. The molecule has 0 unspecified atom stereocenters. The molecule has 1 aliphatic heterocycles. The minimum Gasteiger partial charge on any atom is -0.492 e. The summed E-state index contributed by atoms with van der Waals surface area (Å²) in [6.07, 6.45) is 1.51. The lowest BCUT2D eigenvalue weighted by Crippen LogP contribution is -2.49. The number of furan rings is 1. The second-order valence-corrected chi connectivity index (χ2v) is 5.41. The van der Waals surface area contributed by atoms with E-state index in [4.69, 9.17) is 9.15 Å². The molecule has 0 spiro atoms. The molecule has 0 radical (unpaired) electrons. The lowest BCUT2D eigenvalue weighted by Gasteiger charge is -2.34. The highest BCUT2D eigenvalue weighted by molar-refractivity contribution is 5.91. The lowest BCUT2D eigenvalue weighted by atomic mass is 10.3. The van der Waals surface area contributed by atoms with Crippen LogP contribution in [0, 0.1) is 5.82 Å². The molecule has 2 heterocycles. The molecule has 0 saturated carbocycles. The summed E-state index contributed by atoms with van der Waals surface area (Å²) in [6.45, 7) is 4.28. The molecule has 1 aromatic heterocycles. The summed E-state index contributed by atoms with van der Waals surface area (Å²) in [5.41, 5.74) is 0. The van der Waals surface area contributed by atoms with Crippen LogP contribution in [0.25, 0.3) is 0 Å². The van der Waals surface area contributed by atoms with E-state index in [1.54, 1.807) is 29.2 Å². The van der Waals surface area contributed by atoms with Gasteiger partial charge in [-0.25, -0.2) is 4.39 Å². The zero-order valence-electron chi connectivity index (χ0n) is 13.2. The summed E-state index contributed by atoms with van der Waals surface area (Å²) in [7, 11) is 0. The second kappa shape index (κ2) is 8.70. The SMILES string of the molecule is Cl.O=C(c1ccco1)N1CCN(CCOc2ccc(F)cc2)CC1. The van der Waals surface area contributed by atoms with Crippen LogP contribution in [0.3, 0.4) is 0 Å². The van der Waals surface area contributed by atoms with Gasteiger partial charge in [-0.2, -0.15) is 0 Å². The molecule has 24 heavy (non-hydrogen) atoms. The minimum atomic E-state index is -0.269. The highest BCUT2D eigenvalue weighted by Gasteiger charge is 2.23. The third kappa shape index (κ3) is 4.72. The topological polar surface area (TPSA) is 45.9 Å². The average molecular weight is 355 g/mol. The van der Waals surface area contributed by atoms with Gasteiger partial charge >= 0.3 is 0 Å². The Balaban J connectivity index is 0.00000208. The smallest absolute Gasteiger partial charge is 0.289 e. The number of hydrogen-bond acceptors (Lipinski definition) is 4. The van der Waals surface area contributed by atoms with E-state index in [9.17, 15) is 9.18 Å². The highest BCUT2D eigenvalue weighted by atomic mass is 35.5. The molecule has 1 amide bonds. The van der Waals surface area contributed by atoms with Gasteiger partial charge in [0.2, 0.25) is 0 Å². The highest BCUT2D eigenvalue weighted by Crippen LogP contribution is 2.12. The predicted octanol–water partition coefficient (Wildman–Crippen LogP) is 2.68. The molecule has 130 valence electrons. The molecule has 0 N–H and O–H groups in total. The third-order valence-corrected chi connectivity index (χ3v) is 3.88. The van der Waals surface area contributed by atoms with Crippen LogP contribution in [0.15, 0.2) is 47.1 Å². The van der Waals surface area contributed by atoms with Crippen molar-refractivity contribution in [1.82, 2.24) is 9.80 Å². The molecule has 7 heteroatoms. The van der Waals surface area contributed by atoms with Gasteiger partial charge < -0.3 is 14.1 Å². The van der Waals surface area contributed by atoms with Crippen LogP contribution in [0.4, 0.5) is 4.39 Å². The van der Waals surface area contributed by atoms with Crippen LogP contribution in [-0.4, -0.2) is 55.0 Å². The van der Waals surface area contributed by atoms with E-state index in [-0.39, 0.29) is 24.1 Å². The summed E-state index contributed by atoms with van der Waals surface area (Å²) in [5.74, 6) is 0.725. The quantitative estimate of drug-likeness (QED) is 0.828. The average Bonchev–Trinajstić information content (AvgIpc) is 3.11. The summed E-state index contributed by atoms with van der Waals surface area (Å²) in [6, 6.07) is 9.41. The summed E-state index contributed by atoms with van der Waals surface area (Å²) in [4.78, 5) is 16.2. The van der Waals surface area contributed by atoms with Crippen molar-refractivity contribution in [3.05, 3.63) is 54.2 Å². The molecule has 1 aliphatic rings. The van der Waals surface area contributed by atoms with Gasteiger partial charge in [0.25, 0.3) is 5.91 Å². The third-order valence-electron chi connectivity index (χ3n) is 3.88. The van der Waals surface area contributed by atoms with Gasteiger partial charge in [-0.1, -0.05) is 0 Å². The van der Waals surface area contributed by atoms with Crippen molar-refractivity contribution in [2.75, 3.05) is 39.3 Å². The van der Waals surface area contributed by atoms with Crippen molar-refractivity contribution in [1.29, 1.82) is 0 Å². The Bertz CT molecular complexity index is 626. The largest absolute Gasteiger partial charge is 0.492 e. The molecule has 1 aromatic carbocycles. The maximum absolute atomic E-state index is 12.8. The fourth-order valence-corrected chi connectivity index (χ4v) is 2.55. The Kier molecular flexibility index (Phi) is 6.63. The molecule has 0 aliphatic carbocycles. The molecular weight excluding hydrogens is 335 g/mol. The van der Waals surface area contributed by atoms with Crippen molar-refractivity contribution >= 4 is 18.3 Å². The fraction of sp³-hybridized carbons (Fsp3) is 0.353. The van der Waals surface area contributed by atoms with Crippen molar-refractivity contribution in [2.24, 2.45) is 0 Å². The number of hydrogen-bond donors (Lipinski definition) is 0. The number of piperazine rings is 1. The number of carbonyl (C=O) groups is 1. The van der Waals surface area contributed by atoms with Gasteiger partial charge in [0.1, 0.15) is 18.2 Å². The van der Waals surface area contributed by atoms with E-state index in [1.807, 2.05) is 0 Å². The van der Waals surface area contributed by atoms with Gasteiger partial charge in [0.15, 0.2) is 5.76 Å². The fourth-order valence-electron chi connectivity index (χ4n) is 2.55. The maximum atomic E-state index is 12.8. The first-order valence-corrected chi connectivity index (χ1v) is 7.66. The number of amides is 1. The molecule has 1 fully saturated rings. The van der Waals surface area contributed by atoms with Crippen molar-refractivity contribution in [3.8, 4) is 5.75 Å². The number of halogens is 2.